The molecule has 43 valence electrons. The molecule has 3 nitrogen and oxygen atoms in total. The van der Waals surface area contributed by atoms with Crippen LogP contribution >= 0.6 is 0 Å². The van der Waals surface area contributed by atoms with Gasteiger partial charge in [0.15, 0.2) is 0 Å². The standard InChI is InChI=1S/C3H4O2.CHO.Y/c1-2-3(4)5;1-2;/h2H,1H2,(H,4,5);1H;/q;-1;. The molecule has 8 heavy (non-hydrogen) atoms. The molecule has 1 radical (unpaired) electrons. The summed E-state index contributed by atoms with van der Waals surface area (Å²) in [7, 11) is 0. The van der Waals surface area contributed by atoms with Crippen LogP contribution in [0.25, 0.3) is 0 Å². The zero-order valence-corrected chi connectivity index (χ0v) is 7.04. The van der Waals surface area contributed by atoms with Crippen LogP contribution in [0.15, 0.2) is 12.7 Å². The van der Waals surface area contributed by atoms with Crippen molar-refractivity contribution in [2.45, 2.75) is 0 Å². The first-order valence-corrected chi connectivity index (χ1v) is 1.36. The molecule has 0 fully saturated rings. The molecule has 0 atom stereocenters. The van der Waals surface area contributed by atoms with Gasteiger partial charge in [0.2, 0.25) is 0 Å². The topological polar surface area (TPSA) is 54.4 Å². The van der Waals surface area contributed by atoms with Gasteiger partial charge < -0.3 is 9.90 Å². The predicted octanol–water partition coefficient (Wildman–Crippen LogP) is -0.0196. The van der Waals surface area contributed by atoms with E-state index in [4.69, 9.17) is 9.90 Å². The van der Waals surface area contributed by atoms with Gasteiger partial charge in [-0.2, -0.15) is 0 Å². The fourth-order valence-corrected chi connectivity index (χ4v) is 0. The molecule has 0 aliphatic rings. The minimum absolute atomic E-state index is 0. The molecule has 0 aromatic heterocycles. The third-order valence-corrected chi connectivity index (χ3v) is 0.175. The minimum Gasteiger partial charge on any atom is -0.545 e. The van der Waals surface area contributed by atoms with Crippen LogP contribution in [0.4, 0.5) is 0 Å². The van der Waals surface area contributed by atoms with Crippen molar-refractivity contribution < 1.29 is 47.4 Å². The van der Waals surface area contributed by atoms with Gasteiger partial charge in [0.05, 0.1) is 0 Å². The zero-order chi connectivity index (χ0) is 6.28. The van der Waals surface area contributed by atoms with Crippen LogP contribution < -0.4 is 0 Å². The summed E-state index contributed by atoms with van der Waals surface area (Å²) in [5.74, 6) is -0.981. The van der Waals surface area contributed by atoms with Gasteiger partial charge in [0, 0.05) is 38.8 Å². The Kier molecular flexibility index (Phi) is 30.9. The Bertz CT molecular complexity index is 71.7. The zero-order valence-electron chi connectivity index (χ0n) is 4.20. The predicted molar refractivity (Wildman–Crippen MR) is 24.6 cm³/mol. The quantitative estimate of drug-likeness (QED) is 0.359. The van der Waals surface area contributed by atoms with E-state index in [0.717, 1.165) is 6.08 Å². The van der Waals surface area contributed by atoms with Gasteiger partial charge >= 0.3 is 5.97 Å². The van der Waals surface area contributed by atoms with Crippen molar-refractivity contribution in [2.24, 2.45) is 0 Å². The van der Waals surface area contributed by atoms with Crippen LogP contribution in [0.1, 0.15) is 0 Å². The molecule has 0 spiro atoms. The molecule has 0 aromatic rings. The Hall–Kier alpha value is -0.0161. The molecule has 0 aliphatic carbocycles. The Labute approximate surface area is 72.7 Å². The Morgan fingerprint density at radius 2 is 1.75 bits per heavy atom. The van der Waals surface area contributed by atoms with Gasteiger partial charge in [-0.3, -0.25) is 6.79 Å². The fraction of sp³-hybridized carbons (Fsp3) is 0. The maximum absolute atomic E-state index is 9.25. The Morgan fingerprint density at radius 1 is 1.62 bits per heavy atom. The molecule has 0 heterocycles. The van der Waals surface area contributed by atoms with Crippen molar-refractivity contribution in [3.63, 3.8) is 0 Å². The number of carboxylic acids is 1. The van der Waals surface area contributed by atoms with Crippen molar-refractivity contribution in [1.29, 1.82) is 0 Å². The van der Waals surface area contributed by atoms with E-state index in [1.165, 1.54) is 0 Å². The first-order chi connectivity index (χ1) is 3.27. The van der Waals surface area contributed by atoms with Crippen LogP contribution in [0.2, 0.25) is 0 Å². The molecule has 0 bridgehead atoms. The van der Waals surface area contributed by atoms with Crippen LogP contribution in [-0.4, -0.2) is 17.9 Å². The number of hydrogen-bond donors (Lipinski definition) is 1. The second kappa shape index (κ2) is 15.8. The van der Waals surface area contributed by atoms with Crippen molar-refractivity contribution in [1.82, 2.24) is 0 Å². The molecule has 0 unspecified atom stereocenters. The van der Waals surface area contributed by atoms with E-state index in [0.29, 0.717) is 0 Å². The number of hydrogen-bond acceptors (Lipinski definition) is 2. The van der Waals surface area contributed by atoms with E-state index in [-0.39, 0.29) is 32.7 Å². The van der Waals surface area contributed by atoms with Crippen LogP contribution in [0.3, 0.4) is 0 Å². The Balaban J connectivity index is -0.0000000750. The van der Waals surface area contributed by atoms with Gasteiger partial charge in [-0.15, -0.1) is 0 Å². The first kappa shape index (κ1) is 15.7. The van der Waals surface area contributed by atoms with E-state index < -0.39 is 5.97 Å². The SMILES string of the molecule is C=CC(=O)O.[CH-]=O.[Y]. The molecule has 0 rings (SSSR count). The van der Waals surface area contributed by atoms with Crippen molar-refractivity contribution in [3.8, 4) is 0 Å². The summed E-state index contributed by atoms with van der Waals surface area (Å²) in [4.78, 5) is 17.0. The summed E-state index contributed by atoms with van der Waals surface area (Å²) < 4.78 is 0. The van der Waals surface area contributed by atoms with Crippen LogP contribution in [0.5, 0.6) is 0 Å². The maximum Gasteiger partial charge on any atom is 0.327 e. The van der Waals surface area contributed by atoms with Gasteiger partial charge in [-0.25, -0.2) is 4.79 Å². The monoisotopic (exact) mass is 190 g/mol. The number of rotatable bonds is 1. The number of carboxylic acid groups (broad SMARTS) is 1. The fourth-order valence-electron chi connectivity index (χ4n) is 0. The maximum atomic E-state index is 9.25. The number of carbonyl (C=O) groups excluding carboxylic acids is 1. The summed E-state index contributed by atoms with van der Waals surface area (Å²) in [5, 5.41) is 7.60. The largest absolute Gasteiger partial charge is 0.545 e. The molecular weight excluding hydrogens is 185 g/mol. The first-order valence-electron chi connectivity index (χ1n) is 1.36. The third-order valence-electron chi connectivity index (χ3n) is 0.175. The smallest absolute Gasteiger partial charge is 0.327 e. The second-order valence-corrected chi connectivity index (χ2v) is 0.542. The van der Waals surface area contributed by atoms with Crippen LogP contribution in [0, 0.1) is 0 Å². The summed E-state index contributed by atoms with van der Waals surface area (Å²) in [6.07, 6.45) is 0.833. The minimum atomic E-state index is -0.981. The summed E-state index contributed by atoms with van der Waals surface area (Å²) in [6.45, 7) is 6.21. The molecule has 0 saturated carbocycles. The molecule has 4 heteroatoms. The van der Waals surface area contributed by atoms with Gasteiger partial charge in [-0.05, 0) is 0 Å². The number of aliphatic carboxylic acids is 1. The summed E-state index contributed by atoms with van der Waals surface area (Å²) in [6, 6.07) is 0. The second-order valence-electron chi connectivity index (χ2n) is 0.542. The van der Waals surface area contributed by atoms with E-state index in [1.54, 1.807) is 0 Å². The van der Waals surface area contributed by atoms with Crippen LogP contribution in [-0.2, 0) is 42.3 Å². The van der Waals surface area contributed by atoms with Crippen molar-refractivity contribution >= 4 is 12.8 Å². The van der Waals surface area contributed by atoms with Crippen molar-refractivity contribution in [2.75, 3.05) is 0 Å². The summed E-state index contributed by atoms with van der Waals surface area (Å²) in [5.41, 5.74) is 0. The van der Waals surface area contributed by atoms with Crippen molar-refractivity contribution in [3.05, 3.63) is 12.7 Å². The van der Waals surface area contributed by atoms with E-state index in [1.807, 2.05) is 0 Å². The molecule has 0 amide bonds. The van der Waals surface area contributed by atoms with Gasteiger partial charge in [0.25, 0.3) is 0 Å². The Morgan fingerprint density at radius 3 is 1.75 bits per heavy atom. The van der Waals surface area contributed by atoms with Gasteiger partial charge in [0.1, 0.15) is 0 Å². The molecule has 0 aromatic carbocycles. The summed E-state index contributed by atoms with van der Waals surface area (Å²) >= 11 is 0. The molecule has 0 saturated heterocycles. The normalized spacial score (nSPS) is 4.50. The molecule has 0 aliphatic heterocycles. The average Bonchev–Trinajstić information content (AvgIpc) is 1.73. The molecule has 1 N–H and O–H groups in total. The van der Waals surface area contributed by atoms with E-state index in [2.05, 4.69) is 13.4 Å². The van der Waals surface area contributed by atoms with E-state index in [9.17, 15) is 4.79 Å². The third kappa shape index (κ3) is 37.8. The van der Waals surface area contributed by atoms with Gasteiger partial charge in [-0.1, -0.05) is 6.58 Å². The average molecular weight is 190 g/mol. The van der Waals surface area contributed by atoms with E-state index >= 15 is 0 Å². The molecular formula is C4H5O3Y-. The number of carbonyl (C=O) groups is 1.